The van der Waals surface area contributed by atoms with Crippen LogP contribution in [-0.2, 0) is 11.3 Å². The van der Waals surface area contributed by atoms with Crippen LogP contribution in [0.25, 0.3) is 0 Å². The van der Waals surface area contributed by atoms with Gasteiger partial charge in [-0.15, -0.1) is 0 Å². The number of anilines is 1. The van der Waals surface area contributed by atoms with Crippen molar-refractivity contribution >= 4 is 11.6 Å². The van der Waals surface area contributed by atoms with Crippen LogP contribution in [0.3, 0.4) is 0 Å². The van der Waals surface area contributed by atoms with E-state index in [2.05, 4.69) is 15.7 Å². The second kappa shape index (κ2) is 5.86. The van der Waals surface area contributed by atoms with Gasteiger partial charge < -0.3 is 10.6 Å². The zero-order chi connectivity index (χ0) is 13.8. The molecule has 1 fully saturated rings. The minimum absolute atomic E-state index is 0.0203. The summed E-state index contributed by atoms with van der Waals surface area (Å²) in [5.74, 6) is 0.470. The van der Waals surface area contributed by atoms with Gasteiger partial charge in [-0.25, -0.2) is 4.68 Å². The van der Waals surface area contributed by atoms with E-state index in [0.717, 1.165) is 0 Å². The summed E-state index contributed by atoms with van der Waals surface area (Å²) >= 11 is 0. The van der Waals surface area contributed by atoms with E-state index in [1.165, 1.54) is 23.6 Å². The fourth-order valence-corrected chi connectivity index (χ4v) is 1.74. The average molecular weight is 264 g/mol. The van der Waals surface area contributed by atoms with Gasteiger partial charge in [-0.2, -0.15) is 5.10 Å². The monoisotopic (exact) mass is 264 g/mol. The molecule has 1 amide bonds. The van der Waals surface area contributed by atoms with Gasteiger partial charge in [0.2, 0.25) is 5.91 Å². The zero-order valence-electron chi connectivity index (χ0n) is 11.3. The quantitative estimate of drug-likeness (QED) is 0.788. The Balaban J connectivity index is 1.92. The maximum atomic E-state index is 11.8. The molecule has 6 nitrogen and oxygen atoms in total. The summed E-state index contributed by atoms with van der Waals surface area (Å²) in [5, 5.41) is 9.91. The summed E-state index contributed by atoms with van der Waals surface area (Å²) in [6.45, 7) is 4.65. The van der Waals surface area contributed by atoms with Crippen molar-refractivity contribution in [1.82, 2.24) is 15.1 Å². The van der Waals surface area contributed by atoms with E-state index >= 15 is 0 Å². The Bertz CT molecular complexity index is 506. The van der Waals surface area contributed by atoms with E-state index in [-0.39, 0.29) is 24.1 Å². The van der Waals surface area contributed by atoms with Gasteiger partial charge in [-0.3, -0.25) is 9.59 Å². The molecule has 0 spiro atoms. The van der Waals surface area contributed by atoms with Gasteiger partial charge in [0.15, 0.2) is 0 Å². The minimum Gasteiger partial charge on any atom is -0.381 e. The standard InChI is InChI=1S/C13H20N4O2/c1-9(2)16-11-5-13(19)17(15-7-11)8-12(18)14-6-10-3-4-10/h5,7,9-10,16H,3-4,6,8H2,1-2H3,(H,14,18). The molecule has 104 valence electrons. The summed E-state index contributed by atoms with van der Waals surface area (Å²) in [6, 6.07) is 1.69. The molecule has 1 aliphatic carbocycles. The van der Waals surface area contributed by atoms with E-state index in [1.54, 1.807) is 6.20 Å². The first-order valence-corrected chi connectivity index (χ1v) is 6.65. The van der Waals surface area contributed by atoms with Gasteiger partial charge in [0.25, 0.3) is 5.56 Å². The highest BCUT2D eigenvalue weighted by atomic mass is 16.2. The smallest absolute Gasteiger partial charge is 0.269 e. The van der Waals surface area contributed by atoms with E-state index < -0.39 is 0 Å². The fraction of sp³-hybridized carbons (Fsp3) is 0.615. The van der Waals surface area contributed by atoms with E-state index in [0.29, 0.717) is 18.2 Å². The Labute approximate surface area is 112 Å². The molecule has 1 aliphatic rings. The van der Waals surface area contributed by atoms with Crippen molar-refractivity contribution < 1.29 is 4.79 Å². The van der Waals surface area contributed by atoms with Crippen molar-refractivity contribution in [3.63, 3.8) is 0 Å². The van der Waals surface area contributed by atoms with Gasteiger partial charge >= 0.3 is 0 Å². The number of nitrogens with zero attached hydrogens (tertiary/aromatic N) is 2. The summed E-state index contributed by atoms with van der Waals surface area (Å²) < 4.78 is 1.17. The lowest BCUT2D eigenvalue weighted by atomic mass is 10.3. The molecule has 19 heavy (non-hydrogen) atoms. The van der Waals surface area contributed by atoms with Crippen molar-refractivity contribution in [2.24, 2.45) is 5.92 Å². The van der Waals surface area contributed by atoms with Gasteiger partial charge in [0.05, 0.1) is 11.9 Å². The Morgan fingerprint density at radius 2 is 2.26 bits per heavy atom. The minimum atomic E-state index is -0.271. The predicted molar refractivity (Wildman–Crippen MR) is 73.0 cm³/mol. The lowest BCUT2D eigenvalue weighted by Gasteiger charge is -2.10. The van der Waals surface area contributed by atoms with Gasteiger partial charge in [0, 0.05) is 18.7 Å². The van der Waals surface area contributed by atoms with Gasteiger partial charge in [-0.05, 0) is 32.6 Å². The van der Waals surface area contributed by atoms with Gasteiger partial charge in [-0.1, -0.05) is 0 Å². The van der Waals surface area contributed by atoms with E-state index in [1.807, 2.05) is 13.8 Å². The molecular weight excluding hydrogens is 244 g/mol. The third kappa shape index (κ3) is 4.39. The van der Waals surface area contributed by atoms with Crippen LogP contribution in [0, 0.1) is 5.92 Å². The fourth-order valence-electron chi connectivity index (χ4n) is 1.74. The number of carbonyl (C=O) groups excluding carboxylic acids is 1. The first-order chi connectivity index (χ1) is 9.04. The summed E-state index contributed by atoms with van der Waals surface area (Å²) in [7, 11) is 0. The first kappa shape index (κ1) is 13.6. The molecule has 0 saturated heterocycles. The highest BCUT2D eigenvalue weighted by Gasteiger charge is 2.21. The zero-order valence-corrected chi connectivity index (χ0v) is 11.3. The maximum absolute atomic E-state index is 11.8. The van der Waals surface area contributed by atoms with Crippen molar-refractivity contribution in [1.29, 1.82) is 0 Å². The average Bonchev–Trinajstić information content (AvgIpc) is 3.13. The summed E-state index contributed by atoms with van der Waals surface area (Å²) in [5.41, 5.74) is 0.405. The van der Waals surface area contributed by atoms with Crippen molar-refractivity contribution in [2.75, 3.05) is 11.9 Å². The number of rotatable bonds is 6. The molecule has 1 aromatic rings. The van der Waals surface area contributed by atoms with Crippen LogP contribution in [0.15, 0.2) is 17.1 Å². The maximum Gasteiger partial charge on any atom is 0.269 e. The molecule has 6 heteroatoms. The molecule has 0 aliphatic heterocycles. The largest absolute Gasteiger partial charge is 0.381 e. The Morgan fingerprint density at radius 1 is 1.53 bits per heavy atom. The molecule has 1 heterocycles. The number of aromatic nitrogens is 2. The number of nitrogens with one attached hydrogen (secondary N) is 2. The highest BCUT2D eigenvalue weighted by Crippen LogP contribution is 2.27. The van der Waals surface area contributed by atoms with Crippen molar-refractivity contribution in [3.8, 4) is 0 Å². The second-order valence-corrected chi connectivity index (χ2v) is 5.29. The normalized spacial score (nSPS) is 14.5. The van der Waals surface area contributed by atoms with Crippen LogP contribution in [0.4, 0.5) is 5.69 Å². The third-order valence-electron chi connectivity index (χ3n) is 2.90. The first-order valence-electron chi connectivity index (χ1n) is 6.65. The number of amides is 1. The molecule has 1 aromatic heterocycles. The SMILES string of the molecule is CC(C)Nc1cnn(CC(=O)NCC2CC2)c(=O)c1. The predicted octanol–water partition coefficient (Wildman–Crippen LogP) is 0.590. The molecule has 0 atom stereocenters. The summed E-state index contributed by atoms with van der Waals surface area (Å²) in [6.07, 6.45) is 3.94. The molecule has 0 radical (unpaired) electrons. The Hall–Kier alpha value is -1.85. The topological polar surface area (TPSA) is 76.0 Å². The highest BCUT2D eigenvalue weighted by molar-refractivity contribution is 5.75. The van der Waals surface area contributed by atoms with Gasteiger partial charge in [0.1, 0.15) is 6.54 Å². The van der Waals surface area contributed by atoms with Crippen LogP contribution >= 0.6 is 0 Å². The number of hydrogen-bond donors (Lipinski definition) is 2. The van der Waals surface area contributed by atoms with Crippen LogP contribution in [0.2, 0.25) is 0 Å². The molecule has 0 unspecified atom stereocenters. The van der Waals surface area contributed by atoms with Crippen LogP contribution in [0.5, 0.6) is 0 Å². The summed E-state index contributed by atoms with van der Waals surface area (Å²) in [4.78, 5) is 23.4. The molecule has 2 rings (SSSR count). The molecular formula is C13H20N4O2. The van der Waals surface area contributed by atoms with E-state index in [4.69, 9.17) is 0 Å². The Kier molecular flexibility index (Phi) is 4.19. The molecule has 2 N–H and O–H groups in total. The third-order valence-corrected chi connectivity index (χ3v) is 2.90. The molecule has 0 bridgehead atoms. The van der Waals surface area contributed by atoms with Crippen molar-refractivity contribution in [3.05, 3.63) is 22.6 Å². The van der Waals surface area contributed by atoms with Crippen LogP contribution < -0.4 is 16.2 Å². The van der Waals surface area contributed by atoms with Crippen molar-refractivity contribution in [2.45, 2.75) is 39.3 Å². The lowest BCUT2D eigenvalue weighted by molar-refractivity contribution is -0.121. The van der Waals surface area contributed by atoms with Crippen LogP contribution in [-0.4, -0.2) is 28.3 Å². The molecule has 1 saturated carbocycles. The lowest BCUT2D eigenvalue weighted by Crippen LogP contribution is -2.34. The number of carbonyl (C=O) groups is 1. The second-order valence-electron chi connectivity index (χ2n) is 5.29. The van der Waals surface area contributed by atoms with E-state index in [9.17, 15) is 9.59 Å². The molecule has 0 aromatic carbocycles. The Morgan fingerprint density at radius 3 is 2.84 bits per heavy atom. The van der Waals surface area contributed by atoms with Crippen LogP contribution in [0.1, 0.15) is 26.7 Å². The number of hydrogen-bond acceptors (Lipinski definition) is 4.